The van der Waals surface area contributed by atoms with Crippen molar-refractivity contribution in [3.05, 3.63) is 0 Å². The van der Waals surface area contributed by atoms with Crippen LogP contribution in [0.5, 0.6) is 0 Å². The smallest absolute Gasteiger partial charge is 0.410 e. The van der Waals surface area contributed by atoms with Crippen LogP contribution >= 0.6 is 0 Å². The lowest BCUT2D eigenvalue weighted by molar-refractivity contribution is -0.121. The molecular weight excluding hydrogens is 1270 g/mol. The number of carbonyl (C=O) groups is 7. The molecule has 0 aromatic rings. The molecule has 0 rings (SSSR count). The van der Waals surface area contributed by atoms with E-state index in [2.05, 4.69) is 33.5 Å². The van der Waals surface area contributed by atoms with Gasteiger partial charge in [0.05, 0.1) is 5.54 Å². The molecule has 7 amide bonds. The monoisotopic (exact) mass is 1420 g/mol. The van der Waals surface area contributed by atoms with E-state index in [9.17, 15) is 33.6 Å². The number of ether oxygens (including phenoxy) is 6. The number of rotatable bonds is 51. The third-order valence-electron chi connectivity index (χ3n) is 17.2. The van der Waals surface area contributed by atoms with E-state index in [-0.39, 0.29) is 32.1 Å². The lowest BCUT2D eigenvalue weighted by Gasteiger charge is -2.49. The molecule has 4 atom stereocenters. The summed E-state index contributed by atoms with van der Waals surface area (Å²) in [4.78, 5) is 98.5. The minimum atomic E-state index is -1.02. The quantitative estimate of drug-likeness (QED) is 0.0244. The minimum absolute atomic E-state index is 0.0830. The number of nitrogens with one attached hydrogen (secondary N) is 5. The Morgan fingerprint density at radius 2 is 0.670 bits per heavy atom. The van der Waals surface area contributed by atoms with E-state index in [0.29, 0.717) is 96.2 Å². The van der Waals surface area contributed by atoms with Crippen molar-refractivity contribution >= 4 is 42.5 Å². The van der Waals surface area contributed by atoms with E-state index in [1.165, 1.54) is 103 Å². The summed E-state index contributed by atoms with van der Waals surface area (Å²) in [6, 6.07) is 0.338. The lowest BCUT2D eigenvalue weighted by atomic mass is 9.72. The van der Waals surface area contributed by atoms with Gasteiger partial charge in [-0.05, 0) is 222 Å². The van der Waals surface area contributed by atoms with Gasteiger partial charge in [-0.1, -0.05) is 135 Å². The van der Waals surface area contributed by atoms with Crippen LogP contribution in [0.2, 0.25) is 0 Å². The van der Waals surface area contributed by atoms with Crippen LogP contribution in [0.3, 0.4) is 0 Å². The summed E-state index contributed by atoms with van der Waals surface area (Å²) in [5.74, 6) is -0.335. The molecule has 0 saturated carbocycles. The van der Waals surface area contributed by atoms with Gasteiger partial charge in [-0.2, -0.15) is 0 Å². The third-order valence-corrected chi connectivity index (χ3v) is 17.2. The van der Waals surface area contributed by atoms with E-state index in [4.69, 9.17) is 34.2 Å². The fourth-order valence-corrected chi connectivity index (χ4v) is 12.4. The van der Waals surface area contributed by atoms with Gasteiger partial charge >= 0.3 is 36.6 Å². The predicted molar refractivity (Wildman–Crippen MR) is 407 cm³/mol. The van der Waals surface area contributed by atoms with Crippen molar-refractivity contribution in [1.29, 1.82) is 0 Å². The molecule has 0 saturated heterocycles. The minimum Gasteiger partial charge on any atom is -0.444 e. The zero-order chi connectivity index (χ0) is 76.1. The number of nitrogens with two attached hydrogens (primary N) is 1. The molecule has 0 fully saturated rings. The molecule has 100 heavy (non-hydrogen) atoms. The summed E-state index contributed by atoms with van der Waals surface area (Å²) in [5, 5.41) is 14.9. The Balaban J connectivity index is 6.75. The molecule has 0 aromatic carbocycles. The molecular formula is C79H154N8O13. The van der Waals surface area contributed by atoms with Crippen LogP contribution in [0.25, 0.3) is 0 Å². The normalized spacial score (nSPS) is 14.1. The number of alkyl carbamates (subject to hydrolysis) is 4. The number of amides is 7. The number of hydrogen-bond acceptors (Lipinski definition) is 14. The molecule has 21 heteroatoms. The summed E-state index contributed by atoms with van der Waals surface area (Å²) >= 11 is 0. The number of carbonyl (C=O) groups excluding carboxylic acids is 7. The van der Waals surface area contributed by atoms with Crippen molar-refractivity contribution in [3.63, 3.8) is 0 Å². The maximum Gasteiger partial charge on any atom is 0.410 e. The first-order valence-electron chi connectivity index (χ1n) is 39.2. The van der Waals surface area contributed by atoms with E-state index in [0.717, 1.165) is 44.9 Å². The van der Waals surface area contributed by atoms with E-state index < -0.39 is 87.2 Å². The number of unbranched alkanes of at least 4 members (excludes halogenated alkanes) is 22. The van der Waals surface area contributed by atoms with Crippen molar-refractivity contribution < 1.29 is 62.0 Å². The maximum atomic E-state index is 14.9. The van der Waals surface area contributed by atoms with Crippen LogP contribution in [0.1, 0.15) is 363 Å². The van der Waals surface area contributed by atoms with E-state index >= 15 is 0 Å². The topological polar surface area (TPSA) is 268 Å². The molecule has 0 aromatic heterocycles. The van der Waals surface area contributed by atoms with Gasteiger partial charge in [0.15, 0.2) is 0 Å². The summed E-state index contributed by atoms with van der Waals surface area (Å²) in [7, 11) is 1.76. The Morgan fingerprint density at radius 1 is 0.350 bits per heavy atom. The average molecular weight is 1420 g/mol. The first-order valence-corrected chi connectivity index (χ1v) is 39.2. The Kier molecular flexibility index (Phi) is 47.2. The van der Waals surface area contributed by atoms with Crippen molar-refractivity contribution in [2.75, 3.05) is 46.3 Å². The fraction of sp³-hybridized carbons (Fsp3) is 0.911. The Bertz CT molecular complexity index is 2250. The highest BCUT2D eigenvalue weighted by Gasteiger charge is 2.46. The van der Waals surface area contributed by atoms with Crippen molar-refractivity contribution in [3.8, 4) is 0 Å². The summed E-state index contributed by atoms with van der Waals surface area (Å²) in [5.41, 5.74) is -0.627. The second-order valence-corrected chi connectivity index (χ2v) is 34.8. The highest BCUT2D eigenvalue weighted by molar-refractivity contribution is 5.75. The zero-order valence-corrected chi connectivity index (χ0v) is 67.9. The van der Waals surface area contributed by atoms with Gasteiger partial charge in [-0.25, -0.2) is 28.8 Å². The molecule has 588 valence electrons. The fourth-order valence-electron chi connectivity index (χ4n) is 12.4. The van der Waals surface area contributed by atoms with E-state index in [1.54, 1.807) is 79.2 Å². The molecule has 0 aliphatic carbocycles. The van der Waals surface area contributed by atoms with Crippen LogP contribution in [0.15, 0.2) is 0 Å². The zero-order valence-electron chi connectivity index (χ0n) is 67.9. The van der Waals surface area contributed by atoms with Crippen LogP contribution in [0, 0.1) is 5.92 Å². The van der Waals surface area contributed by atoms with Crippen LogP contribution in [-0.4, -0.2) is 149 Å². The van der Waals surface area contributed by atoms with Gasteiger partial charge in [-0.15, -0.1) is 0 Å². The van der Waals surface area contributed by atoms with Crippen LogP contribution in [-0.2, 0) is 33.2 Å². The molecule has 0 radical (unpaired) electrons. The molecule has 0 aliphatic heterocycles. The van der Waals surface area contributed by atoms with Gasteiger partial charge in [0.1, 0.15) is 33.6 Å². The maximum absolute atomic E-state index is 14.9. The molecule has 0 aliphatic rings. The standard InChI is InChI=1S/C79H154N8O13/c1-63(80)50-41-37-35-33-31-29-27-25-23-22-24-26-28-30-32-34-36-38-43-52-65(88)81-57-45-40-39-42-51-64(62-87(71(94)100-77(17,18)19)61-49-54-78(20,85-69(92)98-75(11,12)13)53-47-59-83-67(90)96-73(5,6)7)79(86(21)70(93)99-76(14,15)16,56-48-60-84-68(91)97-74(8,9)10)55-44-46-58-82-66(89)95-72(2,3)4/h63-64H,22-62,80H2,1-21H3,(H,81,88)(H,82,89)(H,83,90)(H,84,91)(H,85,92). The number of hydrogen-bond donors (Lipinski definition) is 6. The Labute approximate surface area is 610 Å². The molecule has 21 nitrogen and oxygen atoms in total. The SMILES string of the molecule is CC(N)CCCCCCCCCCCCCCCCCCCCCC(=O)NCCCCCCC(CN(CCCC(C)(CCCNC(=O)OC(C)(C)C)NC(=O)OC(C)(C)C)C(=O)OC(C)(C)C)C(CCCCNC(=O)OC(C)(C)C)(CCCNC(=O)OC(C)(C)C)N(C)C(=O)OC(C)(C)C. The van der Waals surface area contributed by atoms with Gasteiger partial charge in [-0.3, -0.25) is 4.79 Å². The second kappa shape index (κ2) is 49.7. The summed E-state index contributed by atoms with van der Waals surface area (Å²) in [6.07, 6.45) is 30.6. The van der Waals surface area contributed by atoms with Gasteiger partial charge < -0.3 is 70.5 Å². The molecule has 7 N–H and O–H groups in total. The Morgan fingerprint density at radius 3 is 1.09 bits per heavy atom. The van der Waals surface area contributed by atoms with Crippen molar-refractivity contribution in [2.24, 2.45) is 11.7 Å². The van der Waals surface area contributed by atoms with Gasteiger partial charge in [0.25, 0.3) is 0 Å². The van der Waals surface area contributed by atoms with E-state index in [1.807, 2.05) is 69.2 Å². The largest absolute Gasteiger partial charge is 0.444 e. The summed E-state index contributed by atoms with van der Waals surface area (Å²) in [6.45, 7) is 38.3. The molecule has 4 unspecified atom stereocenters. The van der Waals surface area contributed by atoms with Crippen LogP contribution in [0.4, 0.5) is 28.8 Å². The second-order valence-electron chi connectivity index (χ2n) is 34.8. The third kappa shape index (κ3) is 54.7. The molecule has 0 bridgehead atoms. The molecule has 0 spiro atoms. The highest BCUT2D eigenvalue weighted by Crippen LogP contribution is 2.40. The Hall–Kier alpha value is -4.95. The lowest BCUT2D eigenvalue weighted by Crippen LogP contribution is -2.59. The summed E-state index contributed by atoms with van der Waals surface area (Å²) < 4.78 is 34.9. The average Bonchev–Trinajstić information content (AvgIpc) is 0.781. The van der Waals surface area contributed by atoms with Crippen molar-refractivity contribution in [2.45, 2.75) is 414 Å². The first kappa shape index (κ1) is 95.0. The highest BCUT2D eigenvalue weighted by atomic mass is 16.6. The van der Waals surface area contributed by atoms with Crippen molar-refractivity contribution in [1.82, 2.24) is 36.4 Å². The van der Waals surface area contributed by atoms with Gasteiger partial charge in [0, 0.05) is 70.2 Å². The molecule has 0 heterocycles. The van der Waals surface area contributed by atoms with Gasteiger partial charge in [0.2, 0.25) is 5.91 Å². The predicted octanol–water partition coefficient (Wildman–Crippen LogP) is 19.4. The first-order chi connectivity index (χ1) is 46.3. The van der Waals surface area contributed by atoms with Crippen LogP contribution < -0.4 is 32.3 Å². The number of nitrogens with zero attached hydrogens (tertiary/aromatic N) is 2.